The van der Waals surface area contributed by atoms with Gasteiger partial charge in [-0.25, -0.2) is 0 Å². The van der Waals surface area contributed by atoms with E-state index in [1.54, 1.807) is 6.20 Å². The van der Waals surface area contributed by atoms with E-state index in [0.717, 1.165) is 36.3 Å². The monoisotopic (exact) mass is 341 g/mol. The third-order valence-corrected chi connectivity index (χ3v) is 4.46. The zero-order valence-electron chi connectivity index (χ0n) is 14.8. The Morgan fingerprint density at radius 2 is 2.12 bits per heavy atom. The van der Waals surface area contributed by atoms with Crippen LogP contribution in [-0.4, -0.2) is 33.1 Å². The molecule has 0 aliphatic carbocycles. The number of carbonyl (C=O) groups excluding carboxylic acids is 2. The van der Waals surface area contributed by atoms with E-state index in [-0.39, 0.29) is 5.41 Å². The van der Waals surface area contributed by atoms with Crippen molar-refractivity contribution in [3.63, 3.8) is 0 Å². The quantitative estimate of drug-likeness (QED) is 0.826. The van der Waals surface area contributed by atoms with E-state index in [1.807, 2.05) is 43.7 Å². The van der Waals surface area contributed by atoms with Gasteiger partial charge in [0.1, 0.15) is 0 Å². The predicted octanol–water partition coefficient (Wildman–Crippen LogP) is 1.57. The van der Waals surface area contributed by atoms with Gasteiger partial charge in [-0.3, -0.25) is 19.3 Å². The maximum Gasteiger partial charge on any atom is 0.314 e. The number of anilines is 1. The molecule has 3 rings (SSSR count). The molecule has 1 aliphatic rings. The van der Waals surface area contributed by atoms with Gasteiger partial charge in [0.15, 0.2) is 5.82 Å². The zero-order valence-corrected chi connectivity index (χ0v) is 14.8. The second-order valence-corrected chi connectivity index (χ2v) is 7.04. The lowest BCUT2D eigenvalue weighted by atomic mass is 9.86. The highest BCUT2D eigenvalue weighted by molar-refractivity contribution is 6.39. The van der Waals surface area contributed by atoms with Crippen LogP contribution in [0.1, 0.15) is 37.2 Å². The van der Waals surface area contributed by atoms with Crippen molar-refractivity contribution in [2.24, 2.45) is 0 Å². The number of amides is 2. The molecule has 2 N–H and O–H groups in total. The highest BCUT2D eigenvalue weighted by Gasteiger charge is 2.26. The molecule has 0 spiro atoms. The van der Waals surface area contributed by atoms with Gasteiger partial charge >= 0.3 is 11.8 Å². The summed E-state index contributed by atoms with van der Waals surface area (Å²) in [7, 11) is 0. The van der Waals surface area contributed by atoms with E-state index >= 15 is 0 Å². The van der Waals surface area contributed by atoms with Crippen LogP contribution in [0.15, 0.2) is 24.4 Å². The molecule has 7 nitrogen and oxygen atoms in total. The minimum absolute atomic E-state index is 0.316. The number of rotatable bonds is 4. The summed E-state index contributed by atoms with van der Waals surface area (Å²) in [5, 5.41) is 9.53. The number of aromatic nitrogens is 3. The van der Waals surface area contributed by atoms with E-state index in [1.165, 1.54) is 0 Å². The summed E-state index contributed by atoms with van der Waals surface area (Å²) in [6.07, 6.45) is 3.75. The molecule has 0 fully saturated rings. The number of nitrogens with zero attached hydrogens (tertiary/aromatic N) is 3. The summed E-state index contributed by atoms with van der Waals surface area (Å²) in [6.45, 7) is 7.13. The number of nitrogens with one attached hydrogen (secondary N) is 2. The van der Waals surface area contributed by atoms with Gasteiger partial charge in [0, 0.05) is 36.5 Å². The van der Waals surface area contributed by atoms with Crippen molar-refractivity contribution in [1.29, 1.82) is 0 Å². The minimum atomic E-state index is -0.703. The van der Waals surface area contributed by atoms with Gasteiger partial charge in [0.05, 0.1) is 5.69 Å². The molecule has 2 amide bonds. The van der Waals surface area contributed by atoms with Gasteiger partial charge in [-0.05, 0) is 31.4 Å². The first kappa shape index (κ1) is 17.1. The highest BCUT2D eigenvalue weighted by Crippen LogP contribution is 2.23. The van der Waals surface area contributed by atoms with Crippen LogP contribution in [0.2, 0.25) is 0 Å². The summed E-state index contributed by atoms with van der Waals surface area (Å²) in [5.74, 6) is -0.949. The van der Waals surface area contributed by atoms with Gasteiger partial charge in [0.2, 0.25) is 0 Å². The van der Waals surface area contributed by atoms with E-state index < -0.39 is 11.8 Å². The average Bonchev–Trinajstić information content (AvgIpc) is 3.14. The molecule has 0 saturated heterocycles. The SMILES string of the molecule is Cc1cccnc1C(C)(C)CNC(=O)C(=O)Nc1cc2n(n1)CCC2. The Kier molecular flexibility index (Phi) is 4.57. The van der Waals surface area contributed by atoms with E-state index in [9.17, 15) is 9.59 Å². The third kappa shape index (κ3) is 3.70. The lowest BCUT2D eigenvalue weighted by Gasteiger charge is -2.25. The summed E-state index contributed by atoms with van der Waals surface area (Å²) < 4.78 is 1.86. The Bertz CT molecular complexity index is 788. The summed E-state index contributed by atoms with van der Waals surface area (Å²) in [5.41, 5.74) is 2.67. The van der Waals surface area contributed by atoms with E-state index in [0.29, 0.717) is 12.4 Å². The fourth-order valence-electron chi connectivity index (χ4n) is 3.15. The second kappa shape index (κ2) is 6.66. The largest absolute Gasteiger partial charge is 0.347 e. The topological polar surface area (TPSA) is 88.9 Å². The van der Waals surface area contributed by atoms with Crippen molar-refractivity contribution in [2.75, 3.05) is 11.9 Å². The molecule has 0 bridgehead atoms. The van der Waals surface area contributed by atoms with Gasteiger partial charge in [-0.15, -0.1) is 0 Å². The Hall–Kier alpha value is -2.70. The van der Waals surface area contributed by atoms with Crippen molar-refractivity contribution in [2.45, 2.75) is 45.6 Å². The molecular weight excluding hydrogens is 318 g/mol. The molecule has 7 heteroatoms. The van der Waals surface area contributed by atoms with Gasteiger partial charge in [-0.1, -0.05) is 19.9 Å². The van der Waals surface area contributed by atoms with Crippen molar-refractivity contribution < 1.29 is 9.59 Å². The number of hydrogen-bond donors (Lipinski definition) is 2. The van der Waals surface area contributed by atoms with Crippen molar-refractivity contribution in [1.82, 2.24) is 20.1 Å². The maximum absolute atomic E-state index is 12.1. The van der Waals surface area contributed by atoms with Crippen LogP contribution in [0.25, 0.3) is 0 Å². The molecule has 2 aromatic heterocycles. The number of carbonyl (C=O) groups is 2. The summed E-state index contributed by atoms with van der Waals surface area (Å²) in [6, 6.07) is 5.68. The Balaban J connectivity index is 1.58. The Morgan fingerprint density at radius 3 is 2.84 bits per heavy atom. The van der Waals surface area contributed by atoms with Gasteiger partial charge in [0.25, 0.3) is 0 Å². The van der Waals surface area contributed by atoms with Crippen LogP contribution in [0.4, 0.5) is 5.82 Å². The molecule has 0 unspecified atom stereocenters. The molecule has 0 aromatic carbocycles. The number of pyridine rings is 1. The molecule has 1 aliphatic heterocycles. The van der Waals surface area contributed by atoms with Crippen molar-refractivity contribution in [3.8, 4) is 0 Å². The van der Waals surface area contributed by atoms with E-state index in [2.05, 4.69) is 20.7 Å². The average molecular weight is 341 g/mol. The number of aryl methyl sites for hydroxylation is 3. The standard InChI is InChI=1S/C18H23N5O2/c1-12-6-4-8-19-15(12)18(2,3)11-20-16(24)17(25)21-14-10-13-7-5-9-23(13)22-14/h4,6,8,10H,5,7,9,11H2,1-3H3,(H,20,24)(H,21,22,25). The van der Waals surface area contributed by atoms with Crippen molar-refractivity contribution in [3.05, 3.63) is 41.3 Å². The Morgan fingerprint density at radius 1 is 1.32 bits per heavy atom. The van der Waals surface area contributed by atoms with Crippen LogP contribution in [0.3, 0.4) is 0 Å². The number of hydrogen-bond acceptors (Lipinski definition) is 4. The van der Waals surface area contributed by atoms with Gasteiger partial charge < -0.3 is 10.6 Å². The fourth-order valence-corrected chi connectivity index (χ4v) is 3.15. The normalized spacial score (nSPS) is 13.4. The lowest BCUT2D eigenvalue weighted by Crippen LogP contribution is -2.42. The lowest BCUT2D eigenvalue weighted by molar-refractivity contribution is -0.136. The minimum Gasteiger partial charge on any atom is -0.347 e. The molecule has 0 saturated carbocycles. The molecular formula is C18H23N5O2. The van der Waals surface area contributed by atoms with E-state index in [4.69, 9.17) is 0 Å². The Labute approximate surface area is 146 Å². The van der Waals surface area contributed by atoms with Crippen LogP contribution >= 0.6 is 0 Å². The maximum atomic E-state index is 12.1. The summed E-state index contributed by atoms with van der Waals surface area (Å²) >= 11 is 0. The smallest absolute Gasteiger partial charge is 0.314 e. The first-order valence-corrected chi connectivity index (χ1v) is 8.45. The molecule has 2 aromatic rings. The van der Waals surface area contributed by atoms with Crippen LogP contribution in [0.5, 0.6) is 0 Å². The highest BCUT2D eigenvalue weighted by atomic mass is 16.2. The van der Waals surface area contributed by atoms with Crippen molar-refractivity contribution >= 4 is 17.6 Å². The third-order valence-electron chi connectivity index (χ3n) is 4.46. The zero-order chi connectivity index (χ0) is 18.0. The second-order valence-electron chi connectivity index (χ2n) is 7.04. The summed E-state index contributed by atoms with van der Waals surface area (Å²) in [4.78, 5) is 28.6. The first-order chi connectivity index (χ1) is 11.9. The van der Waals surface area contributed by atoms with Crippen LogP contribution in [0, 0.1) is 6.92 Å². The molecule has 3 heterocycles. The first-order valence-electron chi connectivity index (χ1n) is 8.45. The van der Waals surface area contributed by atoms with Crippen LogP contribution in [-0.2, 0) is 28.0 Å². The predicted molar refractivity (Wildman–Crippen MR) is 94.2 cm³/mol. The van der Waals surface area contributed by atoms with Gasteiger partial charge in [-0.2, -0.15) is 5.10 Å². The molecule has 0 atom stereocenters. The fraction of sp³-hybridized carbons (Fsp3) is 0.444. The molecule has 0 radical (unpaired) electrons. The number of fused-ring (bicyclic) bond motifs is 1. The molecule has 132 valence electrons. The van der Waals surface area contributed by atoms with Crippen LogP contribution < -0.4 is 10.6 Å². The molecule has 25 heavy (non-hydrogen) atoms.